The van der Waals surface area contributed by atoms with Gasteiger partial charge in [0.1, 0.15) is 6.04 Å². The van der Waals surface area contributed by atoms with Crippen LogP contribution >= 0.6 is 12.4 Å². The minimum Gasteiger partial charge on any atom is -0.480 e. The number of carbonyl (C=O) groups excluding carboxylic acids is 1. The normalized spacial score (nSPS) is 11.0. The Hall–Kier alpha value is -2.19. The van der Waals surface area contributed by atoms with Crippen molar-refractivity contribution >= 4 is 35.7 Å². The SMILES string of the molecule is Cl.N[C@@H](CC(=O)Nc1ccc([N+](=O)[O-])cc1)C(=O)O. The molecule has 1 aromatic rings. The fraction of sp³-hybridized carbons (Fsp3) is 0.200. The Morgan fingerprint density at radius 3 is 2.32 bits per heavy atom. The number of carbonyl (C=O) groups is 2. The lowest BCUT2D eigenvalue weighted by molar-refractivity contribution is -0.384. The summed E-state index contributed by atoms with van der Waals surface area (Å²) in [5.41, 5.74) is 5.42. The molecule has 0 bridgehead atoms. The number of rotatable bonds is 5. The second-order valence-corrected chi connectivity index (χ2v) is 3.50. The van der Waals surface area contributed by atoms with Gasteiger partial charge in [-0.15, -0.1) is 12.4 Å². The topological polar surface area (TPSA) is 136 Å². The first-order chi connectivity index (χ1) is 8.40. The lowest BCUT2D eigenvalue weighted by atomic mass is 10.2. The summed E-state index contributed by atoms with van der Waals surface area (Å²) in [6.45, 7) is 0. The number of aliphatic carboxylic acids is 1. The molecular formula is C10H12ClN3O5. The van der Waals surface area contributed by atoms with Crippen LogP contribution in [-0.2, 0) is 9.59 Å². The molecule has 104 valence electrons. The third-order valence-electron chi connectivity index (χ3n) is 2.08. The Kier molecular flexibility index (Phi) is 6.45. The number of benzene rings is 1. The largest absolute Gasteiger partial charge is 0.480 e. The van der Waals surface area contributed by atoms with Gasteiger partial charge in [0.15, 0.2) is 0 Å². The highest BCUT2D eigenvalue weighted by atomic mass is 35.5. The molecule has 19 heavy (non-hydrogen) atoms. The van der Waals surface area contributed by atoms with Crippen molar-refractivity contribution in [2.75, 3.05) is 5.32 Å². The van der Waals surface area contributed by atoms with E-state index in [0.717, 1.165) is 0 Å². The maximum absolute atomic E-state index is 11.4. The molecule has 8 nitrogen and oxygen atoms in total. The van der Waals surface area contributed by atoms with Crippen LogP contribution in [0.5, 0.6) is 0 Å². The smallest absolute Gasteiger partial charge is 0.321 e. The number of halogens is 1. The molecule has 0 saturated carbocycles. The summed E-state index contributed by atoms with van der Waals surface area (Å²) in [5.74, 6) is -1.84. The minimum atomic E-state index is -1.27. The minimum absolute atomic E-state index is 0. The molecule has 0 aromatic heterocycles. The fourth-order valence-electron chi connectivity index (χ4n) is 1.17. The van der Waals surface area contributed by atoms with Crippen molar-refractivity contribution in [3.05, 3.63) is 34.4 Å². The van der Waals surface area contributed by atoms with Crippen molar-refractivity contribution in [1.82, 2.24) is 0 Å². The summed E-state index contributed by atoms with van der Waals surface area (Å²) in [5, 5.41) is 21.3. The molecular weight excluding hydrogens is 278 g/mol. The highest BCUT2D eigenvalue weighted by Crippen LogP contribution is 2.15. The number of carboxylic acid groups (broad SMARTS) is 1. The summed E-state index contributed by atoms with van der Waals surface area (Å²) in [7, 11) is 0. The molecule has 0 aliphatic carbocycles. The van der Waals surface area contributed by atoms with Crippen LogP contribution in [0.25, 0.3) is 0 Å². The number of hydrogen-bond acceptors (Lipinski definition) is 5. The number of anilines is 1. The lowest BCUT2D eigenvalue weighted by Gasteiger charge is -2.07. The number of amides is 1. The van der Waals surface area contributed by atoms with Crippen molar-refractivity contribution in [3.63, 3.8) is 0 Å². The molecule has 0 aliphatic rings. The number of nitrogens with one attached hydrogen (secondary N) is 1. The maximum Gasteiger partial charge on any atom is 0.321 e. The number of nitro benzene ring substituents is 1. The van der Waals surface area contributed by atoms with Gasteiger partial charge in [-0.1, -0.05) is 0 Å². The van der Waals surface area contributed by atoms with Crippen LogP contribution in [0.2, 0.25) is 0 Å². The molecule has 0 aliphatic heterocycles. The van der Waals surface area contributed by atoms with E-state index in [1.807, 2.05) is 0 Å². The Balaban J connectivity index is 0.00000324. The molecule has 1 amide bonds. The van der Waals surface area contributed by atoms with Crippen LogP contribution in [0, 0.1) is 10.1 Å². The maximum atomic E-state index is 11.4. The number of nitrogens with zero attached hydrogens (tertiary/aromatic N) is 1. The van der Waals surface area contributed by atoms with Crippen LogP contribution < -0.4 is 11.1 Å². The van der Waals surface area contributed by atoms with Gasteiger partial charge in [-0.05, 0) is 12.1 Å². The predicted molar refractivity (Wildman–Crippen MR) is 69.2 cm³/mol. The fourth-order valence-corrected chi connectivity index (χ4v) is 1.17. The van der Waals surface area contributed by atoms with Crippen LogP contribution in [0.4, 0.5) is 11.4 Å². The van der Waals surface area contributed by atoms with Crippen molar-refractivity contribution in [2.45, 2.75) is 12.5 Å². The number of carboxylic acids is 1. The van der Waals surface area contributed by atoms with E-state index in [1.54, 1.807) is 0 Å². The van der Waals surface area contributed by atoms with Crippen molar-refractivity contribution < 1.29 is 19.6 Å². The Morgan fingerprint density at radius 2 is 1.89 bits per heavy atom. The van der Waals surface area contributed by atoms with Gasteiger partial charge >= 0.3 is 5.97 Å². The van der Waals surface area contributed by atoms with Gasteiger partial charge in [0.2, 0.25) is 5.91 Å². The molecule has 0 radical (unpaired) electrons. The van der Waals surface area contributed by atoms with E-state index < -0.39 is 22.8 Å². The van der Waals surface area contributed by atoms with Gasteiger partial charge in [0, 0.05) is 17.8 Å². The molecule has 9 heteroatoms. The third-order valence-corrected chi connectivity index (χ3v) is 2.08. The van der Waals surface area contributed by atoms with Gasteiger partial charge in [0.25, 0.3) is 5.69 Å². The van der Waals surface area contributed by atoms with Crippen molar-refractivity contribution in [1.29, 1.82) is 0 Å². The van der Waals surface area contributed by atoms with Gasteiger partial charge in [-0.3, -0.25) is 19.7 Å². The van der Waals surface area contributed by atoms with Gasteiger partial charge in [0.05, 0.1) is 11.3 Å². The molecule has 1 aromatic carbocycles. The molecule has 1 atom stereocenters. The van der Waals surface area contributed by atoms with Crippen LogP contribution in [0.15, 0.2) is 24.3 Å². The predicted octanol–water partition coefficient (Wildman–Crippen LogP) is 0.757. The summed E-state index contributed by atoms with van der Waals surface area (Å²) < 4.78 is 0. The molecule has 0 spiro atoms. The highest BCUT2D eigenvalue weighted by Gasteiger charge is 2.16. The molecule has 0 fully saturated rings. The summed E-state index contributed by atoms with van der Waals surface area (Å²) in [6, 6.07) is 3.88. The van der Waals surface area contributed by atoms with Crippen LogP contribution in [0.1, 0.15) is 6.42 Å². The van der Waals surface area contributed by atoms with E-state index in [-0.39, 0.29) is 24.5 Å². The van der Waals surface area contributed by atoms with Crippen molar-refractivity contribution in [3.8, 4) is 0 Å². The average molecular weight is 290 g/mol. The van der Waals surface area contributed by atoms with E-state index in [4.69, 9.17) is 10.8 Å². The zero-order valence-electron chi connectivity index (χ0n) is 9.61. The lowest BCUT2D eigenvalue weighted by Crippen LogP contribution is -2.34. The average Bonchev–Trinajstić information content (AvgIpc) is 2.29. The first-order valence-corrected chi connectivity index (χ1v) is 4.93. The van der Waals surface area contributed by atoms with Crippen molar-refractivity contribution in [2.24, 2.45) is 5.73 Å². The number of hydrogen-bond donors (Lipinski definition) is 3. The molecule has 1 rings (SSSR count). The highest BCUT2D eigenvalue weighted by molar-refractivity contribution is 5.94. The monoisotopic (exact) mass is 289 g/mol. The number of non-ortho nitro benzene ring substituents is 1. The zero-order valence-corrected chi connectivity index (χ0v) is 10.4. The van der Waals surface area contributed by atoms with Gasteiger partial charge in [-0.2, -0.15) is 0 Å². The number of nitrogens with two attached hydrogens (primary N) is 1. The second-order valence-electron chi connectivity index (χ2n) is 3.50. The Morgan fingerprint density at radius 1 is 1.37 bits per heavy atom. The quantitative estimate of drug-likeness (QED) is 0.541. The third kappa shape index (κ3) is 5.32. The summed E-state index contributed by atoms with van der Waals surface area (Å²) >= 11 is 0. The van der Waals surface area contributed by atoms with Gasteiger partial charge in [-0.25, -0.2) is 0 Å². The first-order valence-electron chi connectivity index (χ1n) is 4.93. The molecule has 0 heterocycles. The van der Waals surface area contributed by atoms with Crippen LogP contribution in [0.3, 0.4) is 0 Å². The van der Waals surface area contributed by atoms with E-state index in [2.05, 4.69) is 5.32 Å². The van der Waals surface area contributed by atoms with E-state index >= 15 is 0 Å². The molecule has 0 unspecified atom stereocenters. The van der Waals surface area contributed by atoms with E-state index in [1.165, 1.54) is 24.3 Å². The molecule has 4 N–H and O–H groups in total. The number of nitro groups is 1. The van der Waals surface area contributed by atoms with Crippen LogP contribution in [-0.4, -0.2) is 27.9 Å². The molecule has 0 saturated heterocycles. The summed E-state index contributed by atoms with van der Waals surface area (Å²) in [6.07, 6.45) is -0.369. The van der Waals surface area contributed by atoms with Gasteiger partial charge < -0.3 is 16.2 Å². The Bertz CT molecular complexity index is 477. The van der Waals surface area contributed by atoms with E-state index in [9.17, 15) is 19.7 Å². The first kappa shape index (κ1) is 16.8. The zero-order chi connectivity index (χ0) is 13.7. The Labute approximate surface area is 114 Å². The van der Waals surface area contributed by atoms with E-state index in [0.29, 0.717) is 5.69 Å². The summed E-state index contributed by atoms with van der Waals surface area (Å²) in [4.78, 5) is 31.6. The standard InChI is InChI=1S/C10H11N3O5.ClH/c11-8(10(15)16)5-9(14)12-6-1-3-7(4-2-6)13(17)18;/h1-4,8H,5,11H2,(H,12,14)(H,15,16);1H/t8-;/m0./s1. The second kappa shape index (κ2) is 7.29.